The summed E-state index contributed by atoms with van der Waals surface area (Å²) in [5, 5.41) is 8.44. The number of carbonyl (C=O) groups is 2. The molecule has 0 heterocycles. The molecule has 0 amide bonds. The van der Waals surface area contributed by atoms with Crippen molar-refractivity contribution >= 4 is 11.9 Å². The summed E-state index contributed by atoms with van der Waals surface area (Å²) in [7, 11) is 0. The van der Waals surface area contributed by atoms with Crippen LogP contribution in [0.3, 0.4) is 0 Å². The molecule has 0 saturated heterocycles. The second-order valence-corrected chi connectivity index (χ2v) is 4.79. The third-order valence-electron chi connectivity index (χ3n) is 3.23. The van der Waals surface area contributed by atoms with Crippen molar-refractivity contribution in [2.45, 2.75) is 57.8 Å². The maximum Gasteiger partial charge on any atom is 0.305 e. The Kier molecular flexibility index (Phi) is 6.67. The van der Waals surface area contributed by atoms with Crippen LogP contribution in [0.1, 0.15) is 57.8 Å². The fraction of sp³-hybridized carbons (Fsp3) is 0.846. The Morgan fingerprint density at radius 3 is 2.35 bits per heavy atom. The fourth-order valence-corrected chi connectivity index (χ4v) is 2.18. The highest BCUT2D eigenvalue weighted by Crippen LogP contribution is 2.23. The number of hydrogen-bond donors (Lipinski definition) is 1. The number of carbonyl (C=O) groups excluding carboxylic acids is 1. The molecule has 98 valence electrons. The summed E-state index contributed by atoms with van der Waals surface area (Å²) >= 11 is 0. The van der Waals surface area contributed by atoms with Gasteiger partial charge < -0.3 is 9.84 Å². The summed E-state index contributed by atoms with van der Waals surface area (Å²) in [6.07, 6.45) is 7.79. The quantitative estimate of drug-likeness (QED) is 0.550. The topological polar surface area (TPSA) is 63.6 Å². The summed E-state index contributed by atoms with van der Waals surface area (Å²) in [5.41, 5.74) is 0. The van der Waals surface area contributed by atoms with Gasteiger partial charge in [-0.2, -0.15) is 0 Å². The number of esters is 1. The number of aliphatic carboxylic acids is 1. The van der Waals surface area contributed by atoms with Crippen molar-refractivity contribution in [3.8, 4) is 0 Å². The maximum atomic E-state index is 11.4. The van der Waals surface area contributed by atoms with Gasteiger partial charge in [0.05, 0.1) is 6.61 Å². The molecule has 1 fully saturated rings. The van der Waals surface area contributed by atoms with Crippen molar-refractivity contribution in [2.75, 3.05) is 6.61 Å². The summed E-state index contributed by atoms with van der Waals surface area (Å²) in [6, 6.07) is 0. The molecule has 0 aliphatic heterocycles. The van der Waals surface area contributed by atoms with Crippen molar-refractivity contribution in [1.29, 1.82) is 0 Å². The average Bonchev–Trinajstić information content (AvgIpc) is 2.33. The minimum Gasteiger partial charge on any atom is -0.481 e. The third kappa shape index (κ3) is 6.97. The highest BCUT2D eigenvalue weighted by Gasteiger charge is 2.15. The van der Waals surface area contributed by atoms with E-state index < -0.39 is 5.97 Å². The molecule has 0 unspecified atom stereocenters. The van der Waals surface area contributed by atoms with Crippen LogP contribution < -0.4 is 0 Å². The van der Waals surface area contributed by atoms with Crippen LogP contribution in [0.2, 0.25) is 0 Å². The van der Waals surface area contributed by atoms with E-state index in [1.54, 1.807) is 0 Å². The van der Waals surface area contributed by atoms with Crippen molar-refractivity contribution < 1.29 is 19.4 Å². The number of carboxylic acids is 1. The first-order valence-electron chi connectivity index (χ1n) is 6.56. The Morgan fingerprint density at radius 1 is 1.06 bits per heavy atom. The molecule has 1 rings (SSSR count). The molecule has 0 aromatic carbocycles. The van der Waals surface area contributed by atoms with Crippen LogP contribution in [0.15, 0.2) is 0 Å². The maximum absolute atomic E-state index is 11.4. The van der Waals surface area contributed by atoms with Crippen molar-refractivity contribution in [1.82, 2.24) is 0 Å². The van der Waals surface area contributed by atoms with Gasteiger partial charge in [-0.25, -0.2) is 0 Å². The molecule has 0 bridgehead atoms. The molecule has 1 aliphatic carbocycles. The Labute approximate surface area is 102 Å². The predicted octanol–water partition coefficient (Wildman–Crippen LogP) is 2.75. The van der Waals surface area contributed by atoms with E-state index in [9.17, 15) is 9.59 Å². The van der Waals surface area contributed by atoms with Crippen molar-refractivity contribution in [3.05, 3.63) is 0 Å². The van der Waals surface area contributed by atoms with E-state index in [4.69, 9.17) is 9.84 Å². The van der Waals surface area contributed by atoms with Crippen LogP contribution in [0.4, 0.5) is 0 Å². The van der Waals surface area contributed by atoms with Gasteiger partial charge in [-0.05, 0) is 31.6 Å². The molecule has 4 heteroatoms. The number of rotatable bonds is 7. The van der Waals surface area contributed by atoms with Gasteiger partial charge in [-0.1, -0.05) is 19.3 Å². The predicted molar refractivity (Wildman–Crippen MR) is 63.6 cm³/mol. The lowest BCUT2D eigenvalue weighted by Gasteiger charge is -2.20. The summed E-state index contributed by atoms with van der Waals surface area (Å²) in [5.74, 6) is -0.437. The zero-order chi connectivity index (χ0) is 12.5. The standard InChI is InChI=1S/C13H22O4/c14-12(15)8-4-5-9-13(16)17-10-11-6-2-1-3-7-11/h11H,1-10H2,(H,14,15). The molecule has 0 radical (unpaired) electrons. The zero-order valence-electron chi connectivity index (χ0n) is 10.3. The third-order valence-corrected chi connectivity index (χ3v) is 3.23. The van der Waals surface area contributed by atoms with Gasteiger partial charge >= 0.3 is 11.9 Å². The van der Waals surface area contributed by atoms with Crippen LogP contribution in [0.25, 0.3) is 0 Å². The van der Waals surface area contributed by atoms with Crippen LogP contribution in [0.5, 0.6) is 0 Å². The first-order chi connectivity index (χ1) is 8.18. The first kappa shape index (κ1) is 14.0. The first-order valence-corrected chi connectivity index (χ1v) is 6.56. The van der Waals surface area contributed by atoms with E-state index in [1.807, 2.05) is 0 Å². The monoisotopic (exact) mass is 242 g/mol. The Balaban J connectivity index is 1.98. The second-order valence-electron chi connectivity index (χ2n) is 4.79. The lowest BCUT2D eigenvalue weighted by Crippen LogP contribution is -2.16. The van der Waals surface area contributed by atoms with E-state index in [1.165, 1.54) is 32.1 Å². The van der Waals surface area contributed by atoms with Crippen molar-refractivity contribution in [3.63, 3.8) is 0 Å². The summed E-state index contributed by atoms with van der Waals surface area (Å²) in [4.78, 5) is 21.6. The van der Waals surface area contributed by atoms with Gasteiger partial charge in [-0.15, -0.1) is 0 Å². The molecular weight excluding hydrogens is 220 g/mol. The summed E-state index contributed by atoms with van der Waals surface area (Å²) < 4.78 is 5.20. The molecule has 0 aromatic rings. The zero-order valence-corrected chi connectivity index (χ0v) is 10.3. The smallest absolute Gasteiger partial charge is 0.305 e. The van der Waals surface area contributed by atoms with E-state index >= 15 is 0 Å². The van der Waals surface area contributed by atoms with E-state index in [0.29, 0.717) is 31.8 Å². The lowest BCUT2D eigenvalue weighted by atomic mass is 9.90. The molecule has 0 aromatic heterocycles. The average molecular weight is 242 g/mol. The molecule has 0 atom stereocenters. The van der Waals surface area contributed by atoms with Crippen LogP contribution in [-0.2, 0) is 14.3 Å². The Hall–Kier alpha value is -1.06. The van der Waals surface area contributed by atoms with E-state index in [2.05, 4.69) is 0 Å². The molecule has 1 saturated carbocycles. The molecule has 17 heavy (non-hydrogen) atoms. The van der Waals surface area contributed by atoms with E-state index in [0.717, 1.165) is 0 Å². The SMILES string of the molecule is O=C(O)CCCCC(=O)OCC1CCCCC1. The van der Waals surface area contributed by atoms with Gasteiger partial charge in [0.25, 0.3) is 0 Å². The minimum atomic E-state index is -0.805. The largest absolute Gasteiger partial charge is 0.481 e. The van der Waals surface area contributed by atoms with Crippen molar-refractivity contribution in [2.24, 2.45) is 5.92 Å². The minimum absolute atomic E-state index is 0.135. The Morgan fingerprint density at radius 2 is 1.71 bits per heavy atom. The normalized spacial score (nSPS) is 16.7. The molecule has 4 nitrogen and oxygen atoms in total. The highest BCUT2D eigenvalue weighted by molar-refractivity contribution is 5.69. The number of unbranched alkanes of at least 4 members (excludes halogenated alkanes) is 1. The fourth-order valence-electron chi connectivity index (χ4n) is 2.18. The van der Waals surface area contributed by atoms with Gasteiger partial charge in [0.2, 0.25) is 0 Å². The molecule has 1 N–H and O–H groups in total. The van der Waals surface area contributed by atoms with Gasteiger partial charge in [0.1, 0.15) is 0 Å². The van der Waals surface area contributed by atoms with Gasteiger partial charge in [-0.3, -0.25) is 9.59 Å². The van der Waals surface area contributed by atoms with Gasteiger partial charge in [0.15, 0.2) is 0 Å². The highest BCUT2D eigenvalue weighted by atomic mass is 16.5. The Bertz CT molecular complexity index is 244. The second kappa shape index (κ2) is 8.09. The number of carboxylic acid groups (broad SMARTS) is 1. The lowest BCUT2D eigenvalue weighted by molar-refractivity contribution is -0.146. The molecular formula is C13H22O4. The van der Waals surface area contributed by atoms with Crippen LogP contribution in [0, 0.1) is 5.92 Å². The number of ether oxygens (including phenoxy) is 1. The number of hydrogen-bond acceptors (Lipinski definition) is 3. The summed E-state index contributed by atoms with van der Waals surface area (Å²) in [6.45, 7) is 0.553. The molecule has 1 aliphatic rings. The van der Waals surface area contributed by atoms with E-state index in [-0.39, 0.29) is 12.4 Å². The molecule has 0 spiro atoms. The van der Waals surface area contributed by atoms with Gasteiger partial charge in [0, 0.05) is 12.8 Å². The van der Waals surface area contributed by atoms with Crippen LogP contribution >= 0.6 is 0 Å². The van der Waals surface area contributed by atoms with Crippen LogP contribution in [-0.4, -0.2) is 23.7 Å².